The average Bonchev–Trinajstić information content (AvgIpc) is 2.48. The van der Waals surface area contributed by atoms with Gasteiger partial charge in [0.2, 0.25) is 0 Å². The van der Waals surface area contributed by atoms with Crippen molar-refractivity contribution in [3.63, 3.8) is 0 Å². The first-order chi connectivity index (χ1) is 10.6. The maximum atomic E-state index is 11.0. The van der Waals surface area contributed by atoms with Crippen LogP contribution in [-0.2, 0) is 19.0 Å². The highest BCUT2D eigenvalue weighted by atomic mass is 16.7. The second-order valence-corrected chi connectivity index (χ2v) is 5.55. The van der Waals surface area contributed by atoms with E-state index in [4.69, 9.17) is 19.3 Å². The van der Waals surface area contributed by atoms with E-state index in [0.717, 1.165) is 0 Å². The van der Waals surface area contributed by atoms with Gasteiger partial charge in [-0.2, -0.15) is 0 Å². The smallest absolute Gasteiger partial charge is 0.335 e. The molecular weight excluding hydrogens is 320 g/mol. The number of aliphatic carboxylic acids is 1. The molecule has 2 aliphatic rings. The molecule has 2 aliphatic heterocycles. The number of hydrogen-bond acceptors (Lipinski definition) is 10. The van der Waals surface area contributed by atoms with Gasteiger partial charge < -0.3 is 50.0 Å². The SMILES string of the molecule is C[C@@H]1OC(O)[C@H](O)[C@H](O)[C@H]1O[C@@H]1O[C@H](C(=O)O)[C@@H](O)[C@H](O)[C@H]1O. The summed E-state index contributed by atoms with van der Waals surface area (Å²) in [5.74, 6) is -1.58. The van der Waals surface area contributed by atoms with E-state index in [-0.39, 0.29) is 0 Å². The lowest BCUT2D eigenvalue weighted by Crippen LogP contribution is -2.64. The van der Waals surface area contributed by atoms with Gasteiger partial charge in [-0.05, 0) is 6.92 Å². The molecule has 1 unspecified atom stereocenters. The van der Waals surface area contributed by atoms with Gasteiger partial charge >= 0.3 is 5.97 Å². The van der Waals surface area contributed by atoms with E-state index in [0.29, 0.717) is 0 Å². The monoisotopic (exact) mass is 340 g/mol. The standard InChI is InChI=1S/C12H20O11/c1-2-8(5(15)6(16)11(20)21-2)22-12-7(17)3(13)4(14)9(23-12)10(18)19/h2-9,11-17,20H,1H3,(H,18,19)/t2-,3-,4-,5-,6+,7+,8-,9-,11?,12+/m0/s1. The van der Waals surface area contributed by atoms with Crippen LogP contribution in [0.1, 0.15) is 6.92 Å². The molecule has 2 rings (SSSR count). The maximum Gasteiger partial charge on any atom is 0.335 e. The van der Waals surface area contributed by atoms with Crippen LogP contribution in [0.4, 0.5) is 0 Å². The van der Waals surface area contributed by atoms with Gasteiger partial charge in [0.25, 0.3) is 0 Å². The summed E-state index contributed by atoms with van der Waals surface area (Å²) in [4.78, 5) is 11.0. The Hall–Kier alpha value is -0.890. The van der Waals surface area contributed by atoms with E-state index in [1.54, 1.807) is 0 Å². The van der Waals surface area contributed by atoms with Gasteiger partial charge in [0.1, 0.15) is 36.6 Å². The van der Waals surface area contributed by atoms with Gasteiger partial charge in [0.15, 0.2) is 18.7 Å². The molecule has 7 N–H and O–H groups in total. The van der Waals surface area contributed by atoms with Crippen LogP contribution in [0.2, 0.25) is 0 Å². The molecule has 0 aromatic carbocycles. The zero-order valence-corrected chi connectivity index (χ0v) is 12.0. The predicted molar refractivity (Wildman–Crippen MR) is 67.8 cm³/mol. The first-order valence-corrected chi connectivity index (χ1v) is 6.92. The molecule has 0 bridgehead atoms. The maximum absolute atomic E-state index is 11.0. The average molecular weight is 340 g/mol. The van der Waals surface area contributed by atoms with Crippen LogP contribution >= 0.6 is 0 Å². The molecule has 2 saturated heterocycles. The van der Waals surface area contributed by atoms with Crippen molar-refractivity contribution in [1.29, 1.82) is 0 Å². The highest BCUT2D eigenvalue weighted by Crippen LogP contribution is 2.28. The summed E-state index contributed by atoms with van der Waals surface area (Å²) in [5.41, 5.74) is 0. The number of hydrogen-bond donors (Lipinski definition) is 7. The topological polar surface area (TPSA) is 186 Å². The van der Waals surface area contributed by atoms with E-state index >= 15 is 0 Å². The van der Waals surface area contributed by atoms with E-state index in [1.807, 2.05) is 0 Å². The van der Waals surface area contributed by atoms with E-state index in [2.05, 4.69) is 0 Å². The molecule has 0 saturated carbocycles. The summed E-state index contributed by atoms with van der Waals surface area (Å²) >= 11 is 0. The highest BCUT2D eigenvalue weighted by Gasteiger charge is 2.51. The first kappa shape index (κ1) is 18.4. The number of ether oxygens (including phenoxy) is 3. The van der Waals surface area contributed by atoms with Crippen LogP contribution in [0.5, 0.6) is 0 Å². The van der Waals surface area contributed by atoms with Gasteiger partial charge in [-0.15, -0.1) is 0 Å². The molecule has 134 valence electrons. The van der Waals surface area contributed by atoms with E-state index < -0.39 is 67.4 Å². The molecule has 0 aliphatic carbocycles. The summed E-state index contributed by atoms with van der Waals surface area (Å²) in [6.07, 6.45) is -16.3. The van der Waals surface area contributed by atoms with Crippen molar-refractivity contribution < 1.29 is 54.8 Å². The number of aliphatic hydroxyl groups is 6. The molecule has 23 heavy (non-hydrogen) atoms. The fourth-order valence-corrected chi connectivity index (χ4v) is 2.53. The molecule has 0 radical (unpaired) electrons. The molecular formula is C12H20O11. The number of aliphatic hydroxyl groups excluding tert-OH is 6. The molecule has 11 heteroatoms. The van der Waals surface area contributed by atoms with Crippen LogP contribution < -0.4 is 0 Å². The lowest BCUT2D eigenvalue weighted by atomic mass is 9.97. The van der Waals surface area contributed by atoms with Crippen molar-refractivity contribution in [3.05, 3.63) is 0 Å². The fourth-order valence-electron chi connectivity index (χ4n) is 2.53. The molecule has 0 aromatic heterocycles. The van der Waals surface area contributed by atoms with E-state index in [1.165, 1.54) is 6.92 Å². The second-order valence-electron chi connectivity index (χ2n) is 5.55. The van der Waals surface area contributed by atoms with Crippen LogP contribution in [-0.4, -0.2) is 103 Å². The summed E-state index contributed by atoms with van der Waals surface area (Å²) in [7, 11) is 0. The van der Waals surface area contributed by atoms with Crippen LogP contribution in [0.25, 0.3) is 0 Å². The van der Waals surface area contributed by atoms with Crippen molar-refractivity contribution in [2.75, 3.05) is 0 Å². The molecule has 11 nitrogen and oxygen atoms in total. The van der Waals surface area contributed by atoms with Gasteiger partial charge in [-0.3, -0.25) is 0 Å². The van der Waals surface area contributed by atoms with Crippen molar-refractivity contribution in [1.82, 2.24) is 0 Å². The number of rotatable bonds is 3. The Kier molecular flexibility index (Phi) is 5.56. The molecule has 2 fully saturated rings. The van der Waals surface area contributed by atoms with Gasteiger partial charge in [0.05, 0.1) is 6.10 Å². The Bertz CT molecular complexity index is 431. The Morgan fingerprint density at radius 1 is 0.870 bits per heavy atom. The number of carbonyl (C=O) groups is 1. The van der Waals surface area contributed by atoms with Crippen LogP contribution in [0, 0.1) is 0 Å². The van der Waals surface area contributed by atoms with Gasteiger partial charge in [-0.1, -0.05) is 0 Å². The molecule has 2 heterocycles. The minimum atomic E-state index is -1.88. The molecule has 0 aromatic rings. The third kappa shape index (κ3) is 3.47. The predicted octanol–water partition coefficient (Wildman–Crippen LogP) is -4.28. The third-order valence-corrected chi connectivity index (χ3v) is 3.90. The fraction of sp³-hybridized carbons (Fsp3) is 0.917. The Balaban J connectivity index is 2.12. The van der Waals surface area contributed by atoms with Crippen molar-refractivity contribution in [2.45, 2.75) is 68.3 Å². The summed E-state index contributed by atoms with van der Waals surface area (Å²) in [6.45, 7) is 1.40. The molecule has 0 amide bonds. The lowest BCUT2D eigenvalue weighted by Gasteiger charge is -2.44. The summed E-state index contributed by atoms with van der Waals surface area (Å²) < 4.78 is 15.1. The number of carboxylic acid groups (broad SMARTS) is 1. The Morgan fingerprint density at radius 2 is 1.48 bits per heavy atom. The van der Waals surface area contributed by atoms with Gasteiger partial charge in [-0.25, -0.2) is 4.79 Å². The molecule has 10 atom stereocenters. The summed E-state index contributed by atoms with van der Waals surface area (Å²) in [5, 5.41) is 66.9. The van der Waals surface area contributed by atoms with Crippen molar-refractivity contribution in [2.24, 2.45) is 0 Å². The first-order valence-electron chi connectivity index (χ1n) is 6.92. The Morgan fingerprint density at radius 3 is 2.04 bits per heavy atom. The minimum absolute atomic E-state index is 0.938. The zero-order valence-electron chi connectivity index (χ0n) is 12.0. The second kappa shape index (κ2) is 6.93. The summed E-state index contributed by atoms with van der Waals surface area (Å²) in [6, 6.07) is 0. The lowest BCUT2D eigenvalue weighted by molar-refractivity contribution is -0.347. The normalized spacial score (nSPS) is 51.4. The largest absolute Gasteiger partial charge is 0.479 e. The third-order valence-electron chi connectivity index (χ3n) is 3.90. The zero-order chi connectivity index (χ0) is 17.5. The quantitative estimate of drug-likeness (QED) is 0.263. The van der Waals surface area contributed by atoms with Crippen LogP contribution in [0.3, 0.4) is 0 Å². The Labute approximate surface area is 130 Å². The van der Waals surface area contributed by atoms with Gasteiger partial charge in [0, 0.05) is 0 Å². The molecule has 0 spiro atoms. The van der Waals surface area contributed by atoms with E-state index in [9.17, 15) is 35.4 Å². The minimum Gasteiger partial charge on any atom is -0.479 e. The van der Waals surface area contributed by atoms with Crippen LogP contribution in [0.15, 0.2) is 0 Å². The van der Waals surface area contributed by atoms with Crippen molar-refractivity contribution >= 4 is 5.97 Å². The highest BCUT2D eigenvalue weighted by molar-refractivity contribution is 5.73. The number of carboxylic acids is 1. The van der Waals surface area contributed by atoms with Crippen molar-refractivity contribution in [3.8, 4) is 0 Å².